The molecule has 0 unspecified atom stereocenters. The van der Waals surface area contributed by atoms with Gasteiger partial charge in [-0.2, -0.15) is 0 Å². The lowest BCUT2D eigenvalue weighted by Gasteiger charge is -2.32. The lowest BCUT2D eigenvalue weighted by molar-refractivity contribution is 0.00578. The van der Waals surface area contributed by atoms with Crippen LogP contribution in [0.2, 0.25) is 0 Å². The molecule has 2 rings (SSSR count). The maximum atomic E-state index is 5.91. The zero-order valence-corrected chi connectivity index (χ0v) is 13.7. The van der Waals surface area contributed by atoms with Crippen molar-refractivity contribution in [3.8, 4) is 5.75 Å². The maximum absolute atomic E-state index is 5.91. The quantitative estimate of drug-likeness (QED) is 0.795. The highest BCUT2D eigenvalue weighted by molar-refractivity contribution is 6.52. The molecular formula is C16H24BNO3. The Kier molecular flexibility index (Phi) is 4.44. The van der Waals surface area contributed by atoms with E-state index in [0.29, 0.717) is 0 Å². The van der Waals surface area contributed by atoms with E-state index in [0.717, 1.165) is 11.4 Å². The van der Waals surface area contributed by atoms with Gasteiger partial charge in [-0.3, -0.25) is 4.98 Å². The second kappa shape index (κ2) is 5.81. The van der Waals surface area contributed by atoms with E-state index in [4.69, 9.17) is 14.0 Å². The number of hydrogen-bond donors (Lipinski definition) is 0. The van der Waals surface area contributed by atoms with Crippen molar-refractivity contribution in [2.45, 2.75) is 58.8 Å². The summed E-state index contributed by atoms with van der Waals surface area (Å²) < 4.78 is 17.5. The molecule has 1 aromatic heterocycles. The first kappa shape index (κ1) is 16.1. The second-order valence-corrected chi connectivity index (χ2v) is 6.57. The standard InChI is InChI=1S/C16H24BNO3/c1-12(2)19-14-8-10-18-13(11-14)7-9-17-20-15(3,4)16(5,6)21-17/h7-12H,1-6H3/b9-7+. The normalized spacial score (nSPS) is 20.4. The van der Waals surface area contributed by atoms with Crippen molar-refractivity contribution >= 4 is 13.2 Å². The highest BCUT2D eigenvalue weighted by Gasteiger charge is 2.49. The lowest BCUT2D eigenvalue weighted by atomic mass is 9.89. The van der Waals surface area contributed by atoms with Gasteiger partial charge in [-0.05, 0) is 53.7 Å². The summed E-state index contributed by atoms with van der Waals surface area (Å²) in [4.78, 5) is 4.30. The molecule has 1 aromatic rings. The van der Waals surface area contributed by atoms with Crippen molar-refractivity contribution in [1.82, 2.24) is 4.98 Å². The Hall–Kier alpha value is -1.33. The molecule has 0 atom stereocenters. The number of hydrogen-bond acceptors (Lipinski definition) is 4. The van der Waals surface area contributed by atoms with Gasteiger partial charge in [0, 0.05) is 12.3 Å². The summed E-state index contributed by atoms with van der Waals surface area (Å²) in [7, 11) is -0.355. The van der Waals surface area contributed by atoms with Crippen molar-refractivity contribution in [2.24, 2.45) is 0 Å². The molecule has 2 heterocycles. The molecule has 0 aliphatic carbocycles. The number of nitrogens with zero attached hydrogens (tertiary/aromatic N) is 1. The zero-order chi connectivity index (χ0) is 15.7. The summed E-state index contributed by atoms with van der Waals surface area (Å²) in [5, 5.41) is 0. The van der Waals surface area contributed by atoms with Gasteiger partial charge in [-0.25, -0.2) is 0 Å². The Labute approximate surface area is 127 Å². The molecular weight excluding hydrogens is 265 g/mol. The topological polar surface area (TPSA) is 40.6 Å². The van der Waals surface area contributed by atoms with Crippen LogP contribution in [0.1, 0.15) is 47.2 Å². The molecule has 1 aliphatic rings. The fourth-order valence-electron chi connectivity index (χ4n) is 2.01. The zero-order valence-electron chi connectivity index (χ0n) is 13.7. The fraction of sp³-hybridized carbons (Fsp3) is 0.562. The van der Waals surface area contributed by atoms with Gasteiger partial charge in [0.1, 0.15) is 5.75 Å². The molecule has 1 fully saturated rings. The molecule has 4 nitrogen and oxygen atoms in total. The van der Waals surface area contributed by atoms with E-state index < -0.39 is 0 Å². The van der Waals surface area contributed by atoms with Gasteiger partial charge < -0.3 is 14.0 Å². The molecule has 0 spiro atoms. The molecule has 0 N–H and O–H groups in total. The SMILES string of the molecule is CC(C)Oc1ccnc(/C=C/B2OC(C)(C)C(C)(C)O2)c1. The molecule has 21 heavy (non-hydrogen) atoms. The molecule has 0 aromatic carbocycles. The van der Waals surface area contributed by atoms with Gasteiger partial charge in [0.2, 0.25) is 0 Å². The van der Waals surface area contributed by atoms with Crippen LogP contribution in [0.5, 0.6) is 5.75 Å². The minimum absolute atomic E-state index is 0.146. The van der Waals surface area contributed by atoms with E-state index >= 15 is 0 Å². The predicted octanol–water partition coefficient (Wildman–Crippen LogP) is 3.51. The van der Waals surface area contributed by atoms with Crippen LogP contribution in [-0.4, -0.2) is 29.4 Å². The Morgan fingerprint density at radius 1 is 1.19 bits per heavy atom. The first-order chi connectivity index (χ1) is 9.69. The summed E-state index contributed by atoms with van der Waals surface area (Å²) >= 11 is 0. The molecule has 0 amide bonds. The van der Waals surface area contributed by atoms with Crippen LogP contribution in [0.3, 0.4) is 0 Å². The average Bonchev–Trinajstić information content (AvgIpc) is 2.55. The van der Waals surface area contributed by atoms with Crippen LogP contribution in [0.25, 0.3) is 6.08 Å². The third kappa shape index (κ3) is 3.86. The first-order valence-corrected chi connectivity index (χ1v) is 7.36. The van der Waals surface area contributed by atoms with E-state index in [1.165, 1.54) is 0 Å². The van der Waals surface area contributed by atoms with Crippen LogP contribution < -0.4 is 4.74 Å². The van der Waals surface area contributed by atoms with Gasteiger partial charge in [0.25, 0.3) is 0 Å². The van der Waals surface area contributed by atoms with Crippen molar-refractivity contribution in [3.05, 3.63) is 30.0 Å². The summed E-state index contributed by atoms with van der Waals surface area (Å²) in [5.41, 5.74) is 0.179. The first-order valence-electron chi connectivity index (χ1n) is 7.36. The van der Waals surface area contributed by atoms with Crippen LogP contribution in [0, 0.1) is 0 Å². The van der Waals surface area contributed by atoms with Crippen LogP contribution in [0.4, 0.5) is 0 Å². The van der Waals surface area contributed by atoms with Crippen molar-refractivity contribution < 1.29 is 14.0 Å². The third-order valence-electron chi connectivity index (χ3n) is 3.82. The minimum Gasteiger partial charge on any atom is -0.491 e. The monoisotopic (exact) mass is 289 g/mol. The maximum Gasteiger partial charge on any atom is 0.487 e. The van der Waals surface area contributed by atoms with E-state index in [9.17, 15) is 0 Å². The minimum atomic E-state index is -0.355. The molecule has 114 valence electrons. The fourth-order valence-corrected chi connectivity index (χ4v) is 2.01. The summed E-state index contributed by atoms with van der Waals surface area (Å²) in [5.74, 6) is 2.70. The van der Waals surface area contributed by atoms with Crippen LogP contribution in [0.15, 0.2) is 24.3 Å². The van der Waals surface area contributed by atoms with Crippen molar-refractivity contribution in [1.29, 1.82) is 0 Å². The van der Waals surface area contributed by atoms with E-state index in [-0.39, 0.29) is 24.4 Å². The highest BCUT2D eigenvalue weighted by atomic mass is 16.7. The molecule has 1 aliphatic heterocycles. The number of ether oxygens (including phenoxy) is 1. The number of aromatic nitrogens is 1. The molecule has 1 saturated heterocycles. The van der Waals surface area contributed by atoms with Crippen molar-refractivity contribution in [3.63, 3.8) is 0 Å². The van der Waals surface area contributed by atoms with E-state index in [1.54, 1.807) is 6.20 Å². The smallest absolute Gasteiger partial charge is 0.487 e. The number of pyridine rings is 1. The molecule has 0 radical (unpaired) electrons. The van der Waals surface area contributed by atoms with Crippen LogP contribution >= 0.6 is 0 Å². The van der Waals surface area contributed by atoms with Gasteiger partial charge in [0.05, 0.1) is 23.0 Å². The van der Waals surface area contributed by atoms with E-state index in [2.05, 4.69) is 4.98 Å². The molecule has 0 saturated carbocycles. The Bertz CT molecular complexity index is 510. The van der Waals surface area contributed by atoms with E-state index in [1.807, 2.05) is 65.7 Å². The predicted molar refractivity (Wildman–Crippen MR) is 85.1 cm³/mol. The van der Waals surface area contributed by atoms with Gasteiger partial charge in [-0.1, -0.05) is 5.98 Å². The Morgan fingerprint density at radius 2 is 1.81 bits per heavy atom. The van der Waals surface area contributed by atoms with Crippen LogP contribution in [-0.2, 0) is 9.31 Å². The summed E-state index contributed by atoms with van der Waals surface area (Å²) in [6.45, 7) is 12.2. The second-order valence-electron chi connectivity index (χ2n) is 6.57. The summed E-state index contributed by atoms with van der Waals surface area (Å²) in [6.07, 6.45) is 3.78. The lowest BCUT2D eigenvalue weighted by Crippen LogP contribution is -2.41. The largest absolute Gasteiger partial charge is 0.491 e. The van der Waals surface area contributed by atoms with Crippen molar-refractivity contribution in [2.75, 3.05) is 0 Å². The molecule has 0 bridgehead atoms. The molecule has 5 heteroatoms. The Morgan fingerprint density at radius 3 is 2.38 bits per heavy atom. The Balaban J connectivity index is 2.05. The third-order valence-corrected chi connectivity index (χ3v) is 3.82. The average molecular weight is 289 g/mol. The summed E-state index contributed by atoms with van der Waals surface area (Å²) in [6, 6.07) is 3.76. The highest BCUT2D eigenvalue weighted by Crippen LogP contribution is 2.37. The van der Waals surface area contributed by atoms with Gasteiger partial charge >= 0.3 is 7.12 Å². The van der Waals surface area contributed by atoms with Gasteiger partial charge in [0.15, 0.2) is 0 Å². The van der Waals surface area contributed by atoms with Gasteiger partial charge in [-0.15, -0.1) is 0 Å². The number of rotatable bonds is 4.